The van der Waals surface area contributed by atoms with Gasteiger partial charge in [-0.25, -0.2) is 0 Å². The number of benzene rings is 1. The Balaban J connectivity index is 2.40. The number of nitrogens with two attached hydrogens (primary N) is 1. The van der Waals surface area contributed by atoms with E-state index in [1.54, 1.807) is 0 Å². The van der Waals surface area contributed by atoms with Gasteiger partial charge >= 0.3 is 0 Å². The van der Waals surface area contributed by atoms with E-state index in [-0.39, 0.29) is 6.04 Å². The predicted molar refractivity (Wildman–Crippen MR) is 71.8 cm³/mol. The number of hydrogen-bond donors (Lipinski definition) is 1. The molecule has 1 heterocycles. The Morgan fingerprint density at radius 3 is 2.50 bits per heavy atom. The largest absolute Gasteiger partial charge is 0.453 e. The van der Waals surface area contributed by atoms with Crippen LogP contribution in [0.5, 0.6) is 11.5 Å². The Kier molecular flexibility index (Phi) is 3.39. The summed E-state index contributed by atoms with van der Waals surface area (Å²) in [5, 5.41) is 4.34. The van der Waals surface area contributed by atoms with E-state index in [0.717, 1.165) is 28.5 Å². The van der Waals surface area contributed by atoms with Gasteiger partial charge < -0.3 is 10.5 Å². The molecule has 0 spiro atoms. The number of rotatable bonds is 3. The molecule has 0 bridgehead atoms. The first-order valence-corrected chi connectivity index (χ1v) is 6.03. The topological polar surface area (TPSA) is 53.1 Å². The maximum atomic E-state index is 5.99. The predicted octanol–water partition coefficient (Wildman–Crippen LogP) is 2.85. The Bertz CT molecular complexity index is 558. The molecule has 18 heavy (non-hydrogen) atoms. The van der Waals surface area contributed by atoms with Crippen molar-refractivity contribution < 1.29 is 4.74 Å². The van der Waals surface area contributed by atoms with Crippen LogP contribution in [0, 0.1) is 13.8 Å². The molecule has 2 N–H and O–H groups in total. The van der Waals surface area contributed by atoms with Crippen molar-refractivity contribution >= 4 is 0 Å². The number of nitrogens with zero attached hydrogens (tertiary/aromatic N) is 2. The molecule has 96 valence electrons. The summed E-state index contributed by atoms with van der Waals surface area (Å²) in [6.45, 7) is 5.88. The van der Waals surface area contributed by atoms with Gasteiger partial charge in [-0.1, -0.05) is 18.2 Å². The molecule has 1 unspecified atom stereocenters. The SMILES string of the molecule is Cc1nn(C)c(C)c1Oc1ccccc1C(C)N. The minimum absolute atomic E-state index is 0.0570. The second kappa shape index (κ2) is 4.82. The third kappa shape index (κ3) is 2.24. The molecular weight excluding hydrogens is 226 g/mol. The van der Waals surface area contributed by atoms with Crippen molar-refractivity contribution in [2.45, 2.75) is 26.8 Å². The monoisotopic (exact) mass is 245 g/mol. The Labute approximate surface area is 107 Å². The molecule has 1 aromatic carbocycles. The summed E-state index contributed by atoms with van der Waals surface area (Å²) in [7, 11) is 1.91. The zero-order valence-corrected chi connectivity index (χ0v) is 11.3. The lowest BCUT2D eigenvalue weighted by atomic mass is 10.1. The summed E-state index contributed by atoms with van der Waals surface area (Å²) in [4.78, 5) is 0. The lowest BCUT2D eigenvalue weighted by molar-refractivity contribution is 0.464. The van der Waals surface area contributed by atoms with Gasteiger partial charge in [0.2, 0.25) is 0 Å². The highest BCUT2D eigenvalue weighted by molar-refractivity contribution is 5.42. The normalized spacial score (nSPS) is 12.5. The molecule has 0 fully saturated rings. The van der Waals surface area contributed by atoms with Gasteiger partial charge in [-0.15, -0.1) is 0 Å². The second-order valence-electron chi connectivity index (χ2n) is 4.55. The van der Waals surface area contributed by atoms with Gasteiger partial charge in [-0.3, -0.25) is 4.68 Å². The highest BCUT2D eigenvalue weighted by Gasteiger charge is 2.14. The van der Waals surface area contributed by atoms with Gasteiger partial charge in [0.1, 0.15) is 11.4 Å². The van der Waals surface area contributed by atoms with Gasteiger partial charge in [-0.05, 0) is 26.8 Å². The molecule has 0 saturated heterocycles. The fourth-order valence-electron chi connectivity index (χ4n) is 1.96. The zero-order valence-electron chi connectivity index (χ0n) is 11.3. The maximum absolute atomic E-state index is 5.99. The van der Waals surface area contributed by atoms with Gasteiger partial charge in [0, 0.05) is 18.7 Å². The van der Waals surface area contributed by atoms with E-state index in [2.05, 4.69) is 5.10 Å². The van der Waals surface area contributed by atoms with Crippen molar-refractivity contribution in [1.29, 1.82) is 0 Å². The van der Waals surface area contributed by atoms with E-state index in [9.17, 15) is 0 Å². The van der Waals surface area contributed by atoms with Crippen LogP contribution in [0.3, 0.4) is 0 Å². The maximum Gasteiger partial charge on any atom is 0.171 e. The smallest absolute Gasteiger partial charge is 0.171 e. The average molecular weight is 245 g/mol. The van der Waals surface area contributed by atoms with Crippen LogP contribution in [-0.4, -0.2) is 9.78 Å². The first kappa shape index (κ1) is 12.6. The molecule has 4 heteroatoms. The van der Waals surface area contributed by atoms with Crippen LogP contribution in [0.2, 0.25) is 0 Å². The van der Waals surface area contributed by atoms with Crippen LogP contribution in [0.25, 0.3) is 0 Å². The number of hydrogen-bond acceptors (Lipinski definition) is 3. The van der Waals surface area contributed by atoms with E-state index in [1.165, 1.54) is 0 Å². The van der Waals surface area contributed by atoms with Crippen molar-refractivity contribution in [2.24, 2.45) is 12.8 Å². The molecule has 0 saturated carbocycles. The molecule has 0 aliphatic carbocycles. The lowest BCUT2D eigenvalue weighted by Gasteiger charge is -2.13. The number of ether oxygens (including phenoxy) is 1. The van der Waals surface area contributed by atoms with E-state index in [1.807, 2.05) is 56.8 Å². The van der Waals surface area contributed by atoms with Gasteiger partial charge in [0.25, 0.3) is 0 Å². The van der Waals surface area contributed by atoms with Gasteiger partial charge in [0.15, 0.2) is 5.75 Å². The van der Waals surface area contributed by atoms with Crippen LogP contribution >= 0.6 is 0 Å². The van der Waals surface area contributed by atoms with Crippen molar-refractivity contribution in [2.75, 3.05) is 0 Å². The summed E-state index contributed by atoms with van der Waals surface area (Å²) < 4.78 is 7.81. The summed E-state index contributed by atoms with van der Waals surface area (Å²) >= 11 is 0. The lowest BCUT2D eigenvalue weighted by Crippen LogP contribution is -2.06. The fourth-order valence-corrected chi connectivity index (χ4v) is 1.96. The molecule has 0 amide bonds. The van der Waals surface area contributed by atoms with Crippen LogP contribution in [0.15, 0.2) is 24.3 Å². The molecule has 0 aliphatic heterocycles. The Morgan fingerprint density at radius 1 is 1.28 bits per heavy atom. The Morgan fingerprint density at radius 2 is 1.94 bits per heavy atom. The van der Waals surface area contributed by atoms with Gasteiger partial charge in [-0.2, -0.15) is 5.10 Å². The van der Waals surface area contributed by atoms with Crippen molar-refractivity contribution in [3.05, 3.63) is 41.2 Å². The first-order valence-electron chi connectivity index (χ1n) is 6.03. The standard InChI is InChI=1S/C14H19N3O/c1-9(15)12-7-5-6-8-13(12)18-14-10(2)16-17(4)11(14)3/h5-9H,15H2,1-4H3. The summed E-state index contributed by atoms with van der Waals surface area (Å²) in [5.41, 5.74) is 8.84. The van der Waals surface area contributed by atoms with Crippen LogP contribution in [0.4, 0.5) is 0 Å². The Hall–Kier alpha value is -1.81. The van der Waals surface area contributed by atoms with Crippen LogP contribution in [0.1, 0.15) is 29.9 Å². The van der Waals surface area contributed by atoms with Crippen LogP contribution < -0.4 is 10.5 Å². The average Bonchev–Trinajstić information content (AvgIpc) is 2.56. The van der Waals surface area contributed by atoms with Crippen molar-refractivity contribution in [3.63, 3.8) is 0 Å². The zero-order chi connectivity index (χ0) is 13.3. The van der Waals surface area contributed by atoms with E-state index < -0.39 is 0 Å². The minimum atomic E-state index is -0.0570. The van der Waals surface area contributed by atoms with E-state index in [4.69, 9.17) is 10.5 Å². The summed E-state index contributed by atoms with van der Waals surface area (Å²) in [6.07, 6.45) is 0. The molecule has 4 nitrogen and oxygen atoms in total. The highest BCUT2D eigenvalue weighted by Crippen LogP contribution is 2.32. The molecule has 2 aromatic rings. The van der Waals surface area contributed by atoms with E-state index in [0.29, 0.717) is 0 Å². The number of aryl methyl sites for hydroxylation is 2. The molecule has 1 atom stereocenters. The number of aromatic nitrogens is 2. The molecule has 0 aliphatic rings. The fraction of sp³-hybridized carbons (Fsp3) is 0.357. The van der Waals surface area contributed by atoms with Crippen LogP contribution in [-0.2, 0) is 7.05 Å². The summed E-state index contributed by atoms with van der Waals surface area (Å²) in [6, 6.07) is 7.78. The second-order valence-corrected chi connectivity index (χ2v) is 4.55. The van der Waals surface area contributed by atoms with E-state index >= 15 is 0 Å². The number of para-hydroxylation sites is 1. The van der Waals surface area contributed by atoms with Crippen molar-refractivity contribution in [1.82, 2.24) is 9.78 Å². The minimum Gasteiger partial charge on any atom is -0.453 e. The quantitative estimate of drug-likeness (QED) is 0.904. The first-order chi connectivity index (χ1) is 8.50. The van der Waals surface area contributed by atoms with Crippen molar-refractivity contribution in [3.8, 4) is 11.5 Å². The third-order valence-corrected chi connectivity index (χ3v) is 3.06. The van der Waals surface area contributed by atoms with Gasteiger partial charge in [0.05, 0.1) is 5.69 Å². The highest BCUT2D eigenvalue weighted by atomic mass is 16.5. The molecule has 0 radical (unpaired) electrons. The molecule has 2 rings (SSSR count). The summed E-state index contributed by atoms with van der Waals surface area (Å²) in [5.74, 6) is 1.61. The molecule has 1 aromatic heterocycles. The third-order valence-electron chi connectivity index (χ3n) is 3.06. The molecular formula is C14H19N3O.